The zero-order valence-electron chi connectivity index (χ0n) is 13.2. The number of hydrogen-bond donors (Lipinski definition) is 1. The summed E-state index contributed by atoms with van der Waals surface area (Å²) < 4.78 is 5.32. The SMILES string of the molecule is CCC1CCCN(C2CCc3ccc(OC)cc3C2O)C1. The van der Waals surface area contributed by atoms with Crippen LogP contribution in [0.2, 0.25) is 0 Å². The molecule has 0 amide bonds. The lowest BCUT2D eigenvalue weighted by Gasteiger charge is -2.42. The van der Waals surface area contributed by atoms with Crippen molar-refractivity contribution in [2.24, 2.45) is 5.92 Å². The Morgan fingerprint density at radius 1 is 1.33 bits per heavy atom. The van der Waals surface area contributed by atoms with Crippen molar-refractivity contribution in [1.82, 2.24) is 4.90 Å². The molecule has 3 unspecified atom stereocenters. The summed E-state index contributed by atoms with van der Waals surface area (Å²) >= 11 is 0. The van der Waals surface area contributed by atoms with Crippen molar-refractivity contribution in [2.45, 2.75) is 51.2 Å². The van der Waals surface area contributed by atoms with Crippen molar-refractivity contribution in [3.05, 3.63) is 29.3 Å². The summed E-state index contributed by atoms with van der Waals surface area (Å²) in [4.78, 5) is 2.53. The van der Waals surface area contributed by atoms with Crippen LogP contribution in [0.1, 0.15) is 49.8 Å². The van der Waals surface area contributed by atoms with E-state index in [9.17, 15) is 5.11 Å². The maximum absolute atomic E-state index is 10.9. The summed E-state index contributed by atoms with van der Waals surface area (Å²) in [5.41, 5.74) is 2.35. The number of aliphatic hydroxyl groups is 1. The lowest BCUT2D eigenvalue weighted by molar-refractivity contribution is 0.0127. The number of nitrogens with zero attached hydrogens (tertiary/aromatic N) is 1. The quantitative estimate of drug-likeness (QED) is 0.927. The van der Waals surface area contributed by atoms with E-state index < -0.39 is 0 Å². The molecule has 2 aliphatic rings. The van der Waals surface area contributed by atoms with E-state index in [1.165, 1.54) is 24.8 Å². The Balaban J connectivity index is 1.79. The van der Waals surface area contributed by atoms with Crippen molar-refractivity contribution in [3.8, 4) is 5.75 Å². The molecule has 3 nitrogen and oxygen atoms in total. The molecule has 1 saturated heterocycles. The van der Waals surface area contributed by atoms with E-state index in [1.54, 1.807) is 7.11 Å². The van der Waals surface area contributed by atoms with Gasteiger partial charge in [-0.25, -0.2) is 0 Å². The fourth-order valence-electron chi connectivity index (χ4n) is 3.99. The standard InChI is InChI=1S/C18H27NO2/c1-3-13-5-4-10-19(12-13)17-9-7-14-6-8-15(21-2)11-16(14)18(17)20/h6,8,11,13,17-18,20H,3-5,7,9-10,12H2,1-2H3. The normalized spacial score (nSPS) is 30.0. The second kappa shape index (κ2) is 6.37. The molecule has 116 valence electrons. The summed E-state index contributed by atoms with van der Waals surface area (Å²) in [6, 6.07) is 6.41. The van der Waals surface area contributed by atoms with Crippen LogP contribution in [0.15, 0.2) is 18.2 Å². The summed E-state index contributed by atoms with van der Waals surface area (Å²) in [6.07, 6.45) is 5.63. The number of benzene rings is 1. The predicted octanol–water partition coefficient (Wildman–Crippen LogP) is 3.17. The van der Waals surface area contributed by atoms with Crippen LogP contribution >= 0.6 is 0 Å². The van der Waals surface area contributed by atoms with Crippen LogP contribution < -0.4 is 4.74 Å². The molecule has 1 aliphatic carbocycles. The minimum atomic E-state index is -0.376. The van der Waals surface area contributed by atoms with Crippen LogP contribution in [0.5, 0.6) is 5.75 Å². The van der Waals surface area contributed by atoms with Gasteiger partial charge in [0.15, 0.2) is 0 Å². The molecule has 1 fully saturated rings. The number of fused-ring (bicyclic) bond motifs is 1. The molecule has 1 aliphatic heterocycles. The Kier molecular flexibility index (Phi) is 4.51. The maximum Gasteiger partial charge on any atom is 0.119 e. The van der Waals surface area contributed by atoms with Gasteiger partial charge in [0, 0.05) is 12.6 Å². The fourth-order valence-corrected chi connectivity index (χ4v) is 3.99. The molecule has 0 bridgehead atoms. The number of piperidine rings is 1. The molecule has 0 saturated carbocycles. The number of likely N-dealkylation sites (tertiary alicyclic amines) is 1. The number of rotatable bonds is 3. The zero-order valence-corrected chi connectivity index (χ0v) is 13.2. The summed E-state index contributed by atoms with van der Waals surface area (Å²) in [5, 5.41) is 10.9. The highest BCUT2D eigenvalue weighted by Gasteiger charge is 2.34. The fraction of sp³-hybridized carbons (Fsp3) is 0.667. The minimum Gasteiger partial charge on any atom is -0.497 e. The van der Waals surface area contributed by atoms with Crippen LogP contribution in [0.3, 0.4) is 0 Å². The molecule has 0 radical (unpaired) electrons. The molecule has 1 aromatic rings. The minimum absolute atomic E-state index is 0.277. The first kappa shape index (κ1) is 14.9. The second-order valence-corrected chi connectivity index (χ2v) is 6.53. The van der Waals surface area contributed by atoms with Crippen molar-refractivity contribution in [1.29, 1.82) is 0 Å². The Hall–Kier alpha value is -1.06. The molecule has 1 aromatic carbocycles. The van der Waals surface area contributed by atoms with E-state index in [0.29, 0.717) is 0 Å². The second-order valence-electron chi connectivity index (χ2n) is 6.53. The predicted molar refractivity (Wildman–Crippen MR) is 84.7 cm³/mol. The van der Waals surface area contributed by atoms with E-state index in [0.717, 1.165) is 43.2 Å². The van der Waals surface area contributed by atoms with Gasteiger partial charge in [-0.3, -0.25) is 4.90 Å². The Morgan fingerprint density at radius 2 is 2.19 bits per heavy atom. The molecule has 3 rings (SSSR count). The third kappa shape index (κ3) is 2.95. The first-order valence-corrected chi connectivity index (χ1v) is 8.31. The van der Waals surface area contributed by atoms with E-state index in [2.05, 4.69) is 17.9 Å². The van der Waals surface area contributed by atoms with E-state index in [1.807, 2.05) is 12.1 Å². The smallest absolute Gasteiger partial charge is 0.119 e. The van der Waals surface area contributed by atoms with E-state index >= 15 is 0 Å². The number of hydrogen-bond acceptors (Lipinski definition) is 3. The number of aliphatic hydroxyl groups excluding tert-OH is 1. The molecule has 0 aromatic heterocycles. The van der Waals surface area contributed by atoms with Gasteiger partial charge >= 0.3 is 0 Å². The topological polar surface area (TPSA) is 32.7 Å². The van der Waals surface area contributed by atoms with Gasteiger partial charge in [-0.05, 0) is 61.4 Å². The van der Waals surface area contributed by atoms with Gasteiger partial charge in [0.25, 0.3) is 0 Å². The summed E-state index contributed by atoms with van der Waals surface area (Å²) in [6.45, 7) is 4.57. The highest BCUT2D eigenvalue weighted by atomic mass is 16.5. The monoisotopic (exact) mass is 289 g/mol. The van der Waals surface area contributed by atoms with Crippen molar-refractivity contribution in [3.63, 3.8) is 0 Å². The number of methoxy groups -OCH3 is 1. The highest BCUT2D eigenvalue weighted by Crippen LogP contribution is 2.36. The van der Waals surface area contributed by atoms with Crippen LogP contribution in [0.25, 0.3) is 0 Å². The average Bonchev–Trinajstić information content (AvgIpc) is 2.55. The van der Waals surface area contributed by atoms with Crippen LogP contribution in [0, 0.1) is 5.92 Å². The average molecular weight is 289 g/mol. The highest BCUT2D eigenvalue weighted by molar-refractivity contribution is 5.39. The van der Waals surface area contributed by atoms with E-state index in [-0.39, 0.29) is 12.1 Å². The lowest BCUT2D eigenvalue weighted by atomic mass is 9.83. The molecular weight excluding hydrogens is 262 g/mol. The van der Waals surface area contributed by atoms with Gasteiger partial charge in [-0.15, -0.1) is 0 Å². The van der Waals surface area contributed by atoms with Gasteiger partial charge in [-0.1, -0.05) is 19.4 Å². The molecule has 3 atom stereocenters. The summed E-state index contributed by atoms with van der Waals surface area (Å²) in [5.74, 6) is 1.65. The zero-order chi connectivity index (χ0) is 14.8. The van der Waals surface area contributed by atoms with Crippen LogP contribution in [0.4, 0.5) is 0 Å². The molecule has 1 heterocycles. The van der Waals surface area contributed by atoms with Crippen molar-refractivity contribution < 1.29 is 9.84 Å². The van der Waals surface area contributed by atoms with Crippen molar-refractivity contribution >= 4 is 0 Å². The molecular formula is C18H27NO2. The third-order valence-electron chi connectivity index (χ3n) is 5.34. The molecule has 3 heteroatoms. The van der Waals surface area contributed by atoms with Gasteiger partial charge in [0.2, 0.25) is 0 Å². The molecule has 1 N–H and O–H groups in total. The molecule has 21 heavy (non-hydrogen) atoms. The largest absolute Gasteiger partial charge is 0.497 e. The Bertz CT molecular complexity index is 488. The third-order valence-corrected chi connectivity index (χ3v) is 5.34. The Labute approximate surface area is 127 Å². The van der Waals surface area contributed by atoms with E-state index in [4.69, 9.17) is 4.74 Å². The van der Waals surface area contributed by atoms with Gasteiger partial charge < -0.3 is 9.84 Å². The molecule has 0 spiro atoms. The Morgan fingerprint density at radius 3 is 2.95 bits per heavy atom. The maximum atomic E-state index is 10.9. The van der Waals surface area contributed by atoms with Crippen LogP contribution in [-0.4, -0.2) is 36.2 Å². The van der Waals surface area contributed by atoms with Crippen LogP contribution in [-0.2, 0) is 6.42 Å². The van der Waals surface area contributed by atoms with Gasteiger partial charge in [0.05, 0.1) is 13.2 Å². The number of aryl methyl sites for hydroxylation is 1. The lowest BCUT2D eigenvalue weighted by Crippen LogP contribution is -2.47. The number of ether oxygens (including phenoxy) is 1. The first-order valence-electron chi connectivity index (χ1n) is 8.31. The van der Waals surface area contributed by atoms with Crippen molar-refractivity contribution in [2.75, 3.05) is 20.2 Å². The van der Waals surface area contributed by atoms with Gasteiger partial charge in [0.1, 0.15) is 5.75 Å². The summed E-state index contributed by atoms with van der Waals surface area (Å²) in [7, 11) is 1.69. The first-order chi connectivity index (χ1) is 10.2. The van der Waals surface area contributed by atoms with Gasteiger partial charge in [-0.2, -0.15) is 0 Å².